The Morgan fingerprint density at radius 3 is 1.54 bits per heavy atom. The molecule has 0 saturated heterocycles. The lowest BCUT2D eigenvalue weighted by Gasteiger charge is -2.27. The molecule has 0 aliphatic rings. The Labute approximate surface area is 302 Å². The summed E-state index contributed by atoms with van der Waals surface area (Å²) in [5, 5.41) is 8.24. The predicted molar refractivity (Wildman–Crippen MR) is 220 cm³/mol. The molecule has 0 saturated carbocycles. The minimum absolute atomic E-state index is 0.895. The van der Waals surface area contributed by atoms with Crippen LogP contribution >= 0.6 is 0 Å². The van der Waals surface area contributed by atoms with Crippen molar-refractivity contribution in [3.05, 3.63) is 200 Å². The average molecular weight is 664 g/mol. The first-order valence-electron chi connectivity index (χ1n) is 17.8. The Bertz CT molecular complexity index is 2840. The maximum atomic E-state index is 7.00. The van der Waals surface area contributed by atoms with Gasteiger partial charge < -0.3 is 9.32 Å². The number of rotatable bonds is 6. The monoisotopic (exact) mass is 663 g/mol. The molecule has 10 rings (SSSR count). The third-order valence-electron chi connectivity index (χ3n) is 10.2. The largest absolute Gasteiger partial charge is 0.455 e. The van der Waals surface area contributed by atoms with E-state index in [1.165, 1.54) is 38.1 Å². The van der Waals surface area contributed by atoms with Gasteiger partial charge in [-0.2, -0.15) is 0 Å². The molecule has 0 N–H and O–H groups in total. The van der Waals surface area contributed by atoms with Gasteiger partial charge in [0.05, 0.1) is 5.69 Å². The molecule has 0 aliphatic carbocycles. The van der Waals surface area contributed by atoms with Crippen molar-refractivity contribution in [2.45, 2.75) is 0 Å². The molecule has 2 heteroatoms. The number of benzene rings is 9. The Kier molecular flexibility index (Phi) is 7.18. The minimum atomic E-state index is 0.895. The van der Waals surface area contributed by atoms with E-state index in [1.54, 1.807) is 0 Å². The molecule has 1 heterocycles. The molecule has 0 bridgehead atoms. The fourth-order valence-corrected chi connectivity index (χ4v) is 7.93. The molecule has 1 aromatic heterocycles. The van der Waals surface area contributed by atoms with Gasteiger partial charge in [-0.25, -0.2) is 0 Å². The molecule has 0 atom stereocenters. The Balaban J connectivity index is 1.22. The highest BCUT2D eigenvalue weighted by Crippen LogP contribution is 2.48. The zero-order valence-electron chi connectivity index (χ0n) is 28.4. The van der Waals surface area contributed by atoms with Crippen LogP contribution in [0.3, 0.4) is 0 Å². The molecular weight excluding hydrogens is 631 g/mol. The van der Waals surface area contributed by atoms with E-state index >= 15 is 0 Å². The van der Waals surface area contributed by atoms with Crippen LogP contribution in [-0.4, -0.2) is 0 Å². The Hall–Kier alpha value is -6.90. The average Bonchev–Trinajstić information content (AvgIpc) is 3.64. The summed E-state index contributed by atoms with van der Waals surface area (Å²) < 4.78 is 7.00. The molecular formula is C50H33NO. The molecule has 0 radical (unpaired) electrons. The molecule has 2 nitrogen and oxygen atoms in total. The molecule has 0 unspecified atom stereocenters. The maximum absolute atomic E-state index is 7.00. The topological polar surface area (TPSA) is 16.4 Å². The molecule has 0 fully saturated rings. The van der Waals surface area contributed by atoms with Crippen molar-refractivity contribution < 1.29 is 4.42 Å². The van der Waals surface area contributed by atoms with Crippen LogP contribution in [0.2, 0.25) is 0 Å². The third kappa shape index (κ3) is 4.88. The second kappa shape index (κ2) is 12.5. The van der Waals surface area contributed by atoms with Gasteiger partial charge in [0.1, 0.15) is 11.3 Å². The van der Waals surface area contributed by atoms with Crippen LogP contribution in [0.15, 0.2) is 205 Å². The van der Waals surface area contributed by atoms with Gasteiger partial charge in [-0.1, -0.05) is 158 Å². The van der Waals surface area contributed by atoms with Crippen molar-refractivity contribution in [3.8, 4) is 33.6 Å². The highest BCUT2D eigenvalue weighted by atomic mass is 16.3. The van der Waals surface area contributed by atoms with Crippen LogP contribution in [-0.2, 0) is 0 Å². The van der Waals surface area contributed by atoms with Gasteiger partial charge in [-0.05, 0) is 80.7 Å². The lowest BCUT2D eigenvalue weighted by Crippen LogP contribution is -2.10. The third-order valence-corrected chi connectivity index (χ3v) is 10.2. The highest BCUT2D eigenvalue weighted by molar-refractivity contribution is 6.29. The number of fused-ring (bicyclic) bond motifs is 7. The second-order valence-corrected chi connectivity index (χ2v) is 13.2. The summed E-state index contributed by atoms with van der Waals surface area (Å²) >= 11 is 0. The Morgan fingerprint density at radius 2 is 0.885 bits per heavy atom. The normalized spacial score (nSPS) is 11.5. The summed E-state index contributed by atoms with van der Waals surface area (Å²) in [5.74, 6) is 0.895. The van der Waals surface area contributed by atoms with E-state index in [1.807, 2.05) is 0 Å². The summed E-state index contributed by atoms with van der Waals surface area (Å²) in [6, 6.07) is 71.3. The molecule has 52 heavy (non-hydrogen) atoms. The number of furan rings is 1. The van der Waals surface area contributed by atoms with Crippen molar-refractivity contribution >= 4 is 60.3 Å². The number of para-hydroxylation sites is 2. The standard InChI is InChI=1S/C50H33NO/c1-5-17-34(18-6-1)47-48-43-28-16-14-26-41(43)45-33-36(29-30-44(45)50(48)52-49(47)35-19-7-2-8-20-35)39-31-32-46(42-27-15-13-25-40(39)42)51(37-21-9-3-10-22-37)38-23-11-4-12-24-38/h1-33H. The van der Waals surface area contributed by atoms with Crippen LogP contribution < -0.4 is 4.90 Å². The fourth-order valence-electron chi connectivity index (χ4n) is 7.93. The van der Waals surface area contributed by atoms with Gasteiger partial charge in [0.25, 0.3) is 0 Å². The Morgan fingerprint density at radius 1 is 0.346 bits per heavy atom. The lowest BCUT2D eigenvalue weighted by atomic mass is 9.90. The summed E-state index contributed by atoms with van der Waals surface area (Å²) in [4.78, 5) is 2.35. The van der Waals surface area contributed by atoms with Crippen LogP contribution in [0.25, 0.3) is 76.9 Å². The highest BCUT2D eigenvalue weighted by Gasteiger charge is 2.23. The van der Waals surface area contributed by atoms with E-state index in [-0.39, 0.29) is 0 Å². The zero-order valence-corrected chi connectivity index (χ0v) is 28.4. The summed E-state index contributed by atoms with van der Waals surface area (Å²) in [6.07, 6.45) is 0. The van der Waals surface area contributed by atoms with Crippen LogP contribution in [0.5, 0.6) is 0 Å². The van der Waals surface area contributed by atoms with Crippen molar-refractivity contribution in [2.24, 2.45) is 0 Å². The van der Waals surface area contributed by atoms with Gasteiger partial charge in [-0.3, -0.25) is 0 Å². The molecule has 0 aliphatic heterocycles. The first-order chi connectivity index (χ1) is 25.8. The van der Waals surface area contributed by atoms with Gasteiger partial charge in [-0.15, -0.1) is 0 Å². The van der Waals surface area contributed by atoms with E-state index in [9.17, 15) is 0 Å². The van der Waals surface area contributed by atoms with Gasteiger partial charge in [0.15, 0.2) is 0 Å². The van der Waals surface area contributed by atoms with Crippen molar-refractivity contribution in [3.63, 3.8) is 0 Å². The van der Waals surface area contributed by atoms with Crippen molar-refractivity contribution in [1.29, 1.82) is 0 Å². The van der Waals surface area contributed by atoms with E-state index in [0.717, 1.165) is 55.9 Å². The number of nitrogens with zero attached hydrogens (tertiary/aromatic N) is 1. The summed E-state index contributed by atoms with van der Waals surface area (Å²) in [7, 11) is 0. The lowest BCUT2D eigenvalue weighted by molar-refractivity contribution is 0.636. The molecule has 9 aromatic carbocycles. The van der Waals surface area contributed by atoms with E-state index in [4.69, 9.17) is 4.42 Å². The number of hydrogen-bond donors (Lipinski definition) is 0. The van der Waals surface area contributed by atoms with E-state index in [2.05, 4.69) is 205 Å². The maximum Gasteiger partial charge on any atom is 0.143 e. The first-order valence-corrected chi connectivity index (χ1v) is 17.8. The fraction of sp³-hybridized carbons (Fsp3) is 0. The van der Waals surface area contributed by atoms with Gasteiger partial charge >= 0.3 is 0 Å². The summed E-state index contributed by atoms with van der Waals surface area (Å²) in [6.45, 7) is 0. The molecule has 0 spiro atoms. The molecule has 0 amide bonds. The van der Waals surface area contributed by atoms with Crippen molar-refractivity contribution in [2.75, 3.05) is 4.90 Å². The van der Waals surface area contributed by atoms with Crippen molar-refractivity contribution in [1.82, 2.24) is 0 Å². The van der Waals surface area contributed by atoms with Gasteiger partial charge in [0, 0.05) is 38.7 Å². The number of hydrogen-bond acceptors (Lipinski definition) is 2. The quantitative estimate of drug-likeness (QED) is 0.165. The molecule has 244 valence electrons. The predicted octanol–water partition coefficient (Wildman–Crippen LogP) is 14.4. The smallest absolute Gasteiger partial charge is 0.143 e. The minimum Gasteiger partial charge on any atom is -0.455 e. The SMILES string of the molecule is c1ccc(-c2oc3c4ccc(-c5ccc(N(c6ccccc6)c6ccccc6)c6ccccc56)cc4c4ccccc4c3c2-c2ccccc2)cc1. The number of anilines is 3. The second-order valence-electron chi connectivity index (χ2n) is 13.2. The van der Waals surface area contributed by atoms with Gasteiger partial charge in [0.2, 0.25) is 0 Å². The van der Waals surface area contributed by atoms with Crippen LogP contribution in [0, 0.1) is 0 Å². The van der Waals surface area contributed by atoms with Crippen LogP contribution in [0.1, 0.15) is 0 Å². The summed E-state index contributed by atoms with van der Waals surface area (Å²) in [5.41, 5.74) is 10.0. The zero-order chi connectivity index (χ0) is 34.4. The van der Waals surface area contributed by atoms with Crippen LogP contribution in [0.4, 0.5) is 17.1 Å². The van der Waals surface area contributed by atoms with E-state index < -0.39 is 0 Å². The first kappa shape index (κ1) is 30.0. The molecule has 10 aromatic rings. The van der Waals surface area contributed by atoms with E-state index in [0.29, 0.717) is 0 Å².